The molecule has 0 bridgehead atoms. The topological polar surface area (TPSA) is 15.3 Å². The highest BCUT2D eigenvalue weighted by molar-refractivity contribution is 5.76. The second kappa shape index (κ2) is 3.19. The summed E-state index contributed by atoms with van der Waals surface area (Å²) in [4.78, 5) is 2.34. The van der Waals surface area contributed by atoms with Gasteiger partial charge in [-0.3, -0.25) is 0 Å². The molecule has 0 aliphatic carbocycles. The molecule has 0 saturated carbocycles. The van der Waals surface area contributed by atoms with Gasteiger partial charge in [0, 0.05) is 19.6 Å². The van der Waals surface area contributed by atoms with Gasteiger partial charge in [-0.2, -0.15) is 0 Å². The molecule has 1 heterocycles. The molecule has 1 aliphatic heterocycles. The van der Waals surface area contributed by atoms with E-state index in [0.29, 0.717) is 6.04 Å². The molecule has 0 spiro atoms. The Balaban J connectivity index is 2.53. The third-order valence-electron chi connectivity index (χ3n) is 2.78. The lowest BCUT2D eigenvalue weighted by atomic mass is 10.0. The van der Waals surface area contributed by atoms with Gasteiger partial charge in [0.05, 0.1) is 11.4 Å². The minimum atomic E-state index is 0.536. The van der Waals surface area contributed by atoms with Crippen molar-refractivity contribution in [2.45, 2.75) is 26.8 Å². The summed E-state index contributed by atoms with van der Waals surface area (Å²) >= 11 is 0. The van der Waals surface area contributed by atoms with Crippen molar-refractivity contribution in [1.82, 2.24) is 0 Å². The molecule has 1 atom stereocenters. The monoisotopic (exact) mass is 190 g/mol. The highest BCUT2D eigenvalue weighted by Gasteiger charge is 2.19. The van der Waals surface area contributed by atoms with Gasteiger partial charge in [-0.05, 0) is 38.0 Å². The number of fused-ring (bicyclic) bond motifs is 1. The second-order valence-corrected chi connectivity index (χ2v) is 4.40. The lowest BCUT2D eigenvalue weighted by molar-refractivity contribution is 0.735. The molecular weight excluding hydrogens is 172 g/mol. The van der Waals surface area contributed by atoms with Crippen molar-refractivity contribution in [1.29, 1.82) is 0 Å². The predicted molar refractivity (Wildman–Crippen MR) is 62.3 cm³/mol. The van der Waals surface area contributed by atoms with Crippen LogP contribution in [0.4, 0.5) is 11.4 Å². The molecule has 2 rings (SSSR count). The molecule has 1 aromatic rings. The summed E-state index contributed by atoms with van der Waals surface area (Å²) in [5.41, 5.74) is 5.33. The second-order valence-electron chi connectivity index (χ2n) is 4.40. The van der Waals surface area contributed by atoms with E-state index in [4.69, 9.17) is 0 Å². The standard InChI is InChI=1S/C12H18N2/c1-8-5-9(2)12-11(6-8)13-10(3)7-14(12)4/h5-6,10,13H,7H2,1-4H3. The Kier molecular flexibility index (Phi) is 2.14. The van der Waals surface area contributed by atoms with Crippen molar-refractivity contribution in [3.63, 3.8) is 0 Å². The van der Waals surface area contributed by atoms with Gasteiger partial charge in [0.15, 0.2) is 0 Å². The van der Waals surface area contributed by atoms with E-state index in [1.807, 2.05) is 0 Å². The molecule has 14 heavy (non-hydrogen) atoms. The molecule has 1 aromatic carbocycles. The van der Waals surface area contributed by atoms with Crippen LogP contribution in [0.1, 0.15) is 18.1 Å². The Morgan fingerprint density at radius 1 is 1.36 bits per heavy atom. The first-order chi connectivity index (χ1) is 6.58. The van der Waals surface area contributed by atoms with Crippen molar-refractivity contribution < 1.29 is 0 Å². The Morgan fingerprint density at radius 2 is 2.07 bits per heavy atom. The third kappa shape index (κ3) is 1.45. The van der Waals surface area contributed by atoms with Gasteiger partial charge in [-0.1, -0.05) is 6.07 Å². The van der Waals surface area contributed by atoms with Gasteiger partial charge in [0.2, 0.25) is 0 Å². The Morgan fingerprint density at radius 3 is 2.79 bits per heavy atom. The van der Waals surface area contributed by atoms with E-state index in [1.54, 1.807) is 0 Å². The minimum absolute atomic E-state index is 0.536. The zero-order valence-electron chi connectivity index (χ0n) is 9.39. The molecule has 2 nitrogen and oxygen atoms in total. The molecule has 0 aromatic heterocycles. The predicted octanol–water partition coefficient (Wildman–Crippen LogP) is 2.55. The van der Waals surface area contributed by atoms with E-state index in [0.717, 1.165) is 6.54 Å². The summed E-state index contributed by atoms with van der Waals surface area (Å²) in [5, 5.41) is 3.53. The van der Waals surface area contributed by atoms with E-state index in [9.17, 15) is 0 Å². The van der Waals surface area contributed by atoms with Crippen LogP contribution >= 0.6 is 0 Å². The van der Waals surface area contributed by atoms with Crippen molar-refractivity contribution in [3.05, 3.63) is 23.3 Å². The molecular formula is C12H18N2. The van der Waals surface area contributed by atoms with E-state index < -0.39 is 0 Å². The molecule has 1 aliphatic rings. The van der Waals surface area contributed by atoms with Crippen LogP contribution in [0.15, 0.2) is 12.1 Å². The number of anilines is 2. The highest BCUT2D eigenvalue weighted by Crippen LogP contribution is 2.33. The van der Waals surface area contributed by atoms with E-state index in [2.05, 4.69) is 50.2 Å². The smallest absolute Gasteiger partial charge is 0.0630 e. The summed E-state index contributed by atoms with van der Waals surface area (Å²) in [6.45, 7) is 7.63. The van der Waals surface area contributed by atoms with E-state index in [-0.39, 0.29) is 0 Å². The summed E-state index contributed by atoms with van der Waals surface area (Å²) in [5.74, 6) is 0. The number of rotatable bonds is 0. The highest BCUT2D eigenvalue weighted by atomic mass is 15.2. The van der Waals surface area contributed by atoms with Crippen LogP contribution in [-0.4, -0.2) is 19.6 Å². The Bertz CT molecular complexity index is 358. The number of nitrogens with one attached hydrogen (secondary N) is 1. The van der Waals surface area contributed by atoms with E-state index in [1.165, 1.54) is 22.5 Å². The summed E-state index contributed by atoms with van der Waals surface area (Å²) in [6.07, 6.45) is 0. The van der Waals surface area contributed by atoms with Gasteiger partial charge in [0.1, 0.15) is 0 Å². The van der Waals surface area contributed by atoms with Crippen LogP contribution in [0.25, 0.3) is 0 Å². The lowest BCUT2D eigenvalue weighted by Gasteiger charge is -2.34. The number of nitrogens with zero attached hydrogens (tertiary/aromatic N) is 1. The Labute approximate surface area is 85.9 Å². The first kappa shape index (κ1) is 9.38. The largest absolute Gasteiger partial charge is 0.379 e. The van der Waals surface area contributed by atoms with Crippen molar-refractivity contribution in [3.8, 4) is 0 Å². The van der Waals surface area contributed by atoms with Crippen LogP contribution < -0.4 is 10.2 Å². The maximum atomic E-state index is 3.53. The zero-order chi connectivity index (χ0) is 10.3. The van der Waals surface area contributed by atoms with Crippen LogP contribution in [0.2, 0.25) is 0 Å². The average molecular weight is 190 g/mol. The molecule has 76 valence electrons. The SMILES string of the molecule is Cc1cc(C)c2c(c1)NC(C)CN2C. The summed E-state index contributed by atoms with van der Waals surface area (Å²) in [6, 6.07) is 5.01. The van der Waals surface area contributed by atoms with Crippen LogP contribution in [0.3, 0.4) is 0 Å². The molecule has 2 heteroatoms. The van der Waals surface area contributed by atoms with Gasteiger partial charge in [0.25, 0.3) is 0 Å². The van der Waals surface area contributed by atoms with Crippen LogP contribution in [0.5, 0.6) is 0 Å². The zero-order valence-corrected chi connectivity index (χ0v) is 9.39. The first-order valence-corrected chi connectivity index (χ1v) is 5.17. The average Bonchev–Trinajstić information content (AvgIpc) is 1.99. The maximum absolute atomic E-state index is 3.53. The Hall–Kier alpha value is -1.18. The first-order valence-electron chi connectivity index (χ1n) is 5.17. The lowest BCUT2D eigenvalue weighted by Crippen LogP contribution is -2.37. The normalized spacial score (nSPS) is 20.3. The van der Waals surface area contributed by atoms with Gasteiger partial charge < -0.3 is 10.2 Å². The maximum Gasteiger partial charge on any atom is 0.0630 e. The quantitative estimate of drug-likeness (QED) is 0.676. The molecule has 0 fully saturated rings. The van der Waals surface area contributed by atoms with Gasteiger partial charge >= 0.3 is 0 Å². The van der Waals surface area contributed by atoms with Gasteiger partial charge in [-0.15, -0.1) is 0 Å². The molecule has 0 saturated heterocycles. The number of benzene rings is 1. The van der Waals surface area contributed by atoms with Crippen molar-refractivity contribution in [2.24, 2.45) is 0 Å². The van der Waals surface area contributed by atoms with Crippen molar-refractivity contribution >= 4 is 11.4 Å². The molecule has 0 amide bonds. The number of aryl methyl sites for hydroxylation is 2. The fourth-order valence-electron chi connectivity index (χ4n) is 2.39. The minimum Gasteiger partial charge on any atom is -0.379 e. The third-order valence-corrected chi connectivity index (χ3v) is 2.78. The van der Waals surface area contributed by atoms with Crippen molar-refractivity contribution in [2.75, 3.05) is 23.8 Å². The van der Waals surface area contributed by atoms with Crippen LogP contribution in [-0.2, 0) is 0 Å². The summed E-state index contributed by atoms with van der Waals surface area (Å²) in [7, 11) is 2.17. The summed E-state index contributed by atoms with van der Waals surface area (Å²) < 4.78 is 0. The number of likely N-dealkylation sites (N-methyl/N-ethyl adjacent to an activating group) is 1. The molecule has 1 unspecified atom stereocenters. The van der Waals surface area contributed by atoms with Crippen LogP contribution in [0, 0.1) is 13.8 Å². The fraction of sp³-hybridized carbons (Fsp3) is 0.500. The van der Waals surface area contributed by atoms with E-state index >= 15 is 0 Å². The van der Waals surface area contributed by atoms with Gasteiger partial charge in [-0.25, -0.2) is 0 Å². The molecule has 0 radical (unpaired) electrons. The fourth-order valence-corrected chi connectivity index (χ4v) is 2.39. The molecule has 1 N–H and O–H groups in total. The number of hydrogen-bond donors (Lipinski definition) is 1. The number of hydrogen-bond acceptors (Lipinski definition) is 2.